The number of nitrogens with one attached hydrogen (secondary N) is 1. The Bertz CT molecular complexity index is 933. The van der Waals surface area contributed by atoms with Crippen molar-refractivity contribution in [3.8, 4) is 5.75 Å². The molecule has 0 saturated carbocycles. The van der Waals surface area contributed by atoms with Gasteiger partial charge in [0, 0.05) is 5.69 Å². The highest BCUT2D eigenvalue weighted by Gasteiger charge is 2.47. The fourth-order valence-electron chi connectivity index (χ4n) is 2.59. The van der Waals surface area contributed by atoms with Gasteiger partial charge in [-0.15, -0.1) is 13.2 Å². The Morgan fingerprint density at radius 3 is 2.19 bits per heavy atom. The standard InChI is InChI=1S/C16H13F3N2O5S/c17-16(18,19)26-11-8-6-10(7-9-11)21-14(22)13(20-15(21)23)27(24,25)12-4-2-1-3-5-12/h1-9,13-14,22H,(H,20,23)/t13-,14+/m0/s1. The monoisotopic (exact) mass is 402 g/mol. The highest BCUT2D eigenvalue weighted by molar-refractivity contribution is 7.92. The van der Waals surface area contributed by atoms with Gasteiger partial charge in [0.25, 0.3) is 0 Å². The lowest BCUT2D eigenvalue weighted by molar-refractivity contribution is -0.274. The topological polar surface area (TPSA) is 95.9 Å². The van der Waals surface area contributed by atoms with Gasteiger partial charge < -0.3 is 15.2 Å². The first-order valence-electron chi connectivity index (χ1n) is 7.52. The summed E-state index contributed by atoms with van der Waals surface area (Å²) < 4.78 is 65.6. The number of benzene rings is 2. The molecule has 0 radical (unpaired) electrons. The SMILES string of the molecule is O=C1N[C@@H](S(=O)(=O)c2ccccc2)[C@@H](O)N1c1ccc(OC(F)(F)F)cc1. The van der Waals surface area contributed by atoms with E-state index in [1.54, 1.807) is 6.07 Å². The minimum atomic E-state index is -4.87. The van der Waals surface area contributed by atoms with E-state index in [4.69, 9.17) is 0 Å². The molecule has 1 aliphatic heterocycles. The van der Waals surface area contributed by atoms with Crippen LogP contribution in [0.5, 0.6) is 5.75 Å². The Morgan fingerprint density at radius 1 is 1.04 bits per heavy atom. The number of halogens is 3. The van der Waals surface area contributed by atoms with Gasteiger partial charge in [-0.05, 0) is 36.4 Å². The van der Waals surface area contributed by atoms with Gasteiger partial charge >= 0.3 is 12.4 Å². The second kappa shape index (κ2) is 6.74. The van der Waals surface area contributed by atoms with Crippen LogP contribution >= 0.6 is 0 Å². The summed E-state index contributed by atoms with van der Waals surface area (Å²) in [6, 6.07) is 10.4. The van der Waals surface area contributed by atoms with E-state index in [-0.39, 0.29) is 10.6 Å². The predicted octanol–water partition coefficient (Wildman–Crippen LogP) is 2.23. The molecule has 2 amide bonds. The smallest absolute Gasteiger partial charge is 0.406 e. The molecule has 2 N–H and O–H groups in total. The summed E-state index contributed by atoms with van der Waals surface area (Å²) in [5.41, 5.74) is 0.000265. The summed E-state index contributed by atoms with van der Waals surface area (Å²) in [5, 5.41) is 10.9. The average Bonchev–Trinajstić information content (AvgIpc) is 2.90. The molecular weight excluding hydrogens is 389 g/mol. The minimum absolute atomic E-state index is 0.000265. The Balaban J connectivity index is 1.85. The third-order valence-electron chi connectivity index (χ3n) is 3.77. The molecule has 1 saturated heterocycles. The molecule has 1 heterocycles. The fourth-order valence-corrected chi connectivity index (χ4v) is 4.12. The molecule has 27 heavy (non-hydrogen) atoms. The van der Waals surface area contributed by atoms with E-state index in [2.05, 4.69) is 10.1 Å². The number of urea groups is 1. The molecule has 2 aromatic rings. The van der Waals surface area contributed by atoms with Crippen molar-refractivity contribution in [2.24, 2.45) is 0 Å². The lowest BCUT2D eigenvalue weighted by Crippen LogP contribution is -2.41. The van der Waals surface area contributed by atoms with Crippen molar-refractivity contribution in [3.63, 3.8) is 0 Å². The van der Waals surface area contributed by atoms with Crippen LogP contribution in [-0.4, -0.2) is 37.5 Å². The zero-order valence-corrected chi connectivity index (χ0v) is 14.2. The van der Waals surface area contributed by atoms with Crippen molar-refractivity contribution in [3.05, 3.63) is 54.6 Å². The van der Waals surface area contributed by atoms with E-state index in [1.807, 2.05) is 0 Å². The Kier molecular flexibility index (Phi) is 4.74. The summed E-state index contributed by atoms with van der Waals surface area (Å²) in [7, 11) is -4.09. The number of hydrogen-bond acceptors (Lipinski definition) is 5. The van der Waals surface area contributed by atoms with Crippen molar-refractivity contribution in [1.29, 1.82) is 0 Å². The summed E-state index contributed by atoms with van der Waals surface area (Å²) >= 11 is 0. The van der Waals surface area contributed by atoms with Crippen LogP contribution < -0.4 is 15.0 Å². The summed E-state index contributed by atoms with van der Waals surface area (Å²) in [5.74, 6) is -0.520. The summed E-state index contributed by atoms with van der Waals surface area (Å²) in [6.45, 7) is 0. The number of alkyl halides is 3. The van der Waals surface area contributed by atoms with Gasteiger partial charge in [-0.25, -0.2) is 13.2 Å². The minimum Gasteiger partial charge on any atom is -0.406 e. The number of carbonyl (C=O) groups excluding carboxylic acids is 1. The first-order valence-corrected chi connectivity index (χ1v) is 9.07. The molecule has 11 heteroatoms. The first-order chi connectivity index (χ1) is 12.6. The number of aliphatic hydroxyl groups is 1. The van der Waals surface area contributed by atoms with Crippen LogP contribution in [0.1, 0.15) is 0 Å². The molecule has 144 valence electrons. The van der Waals surface area contributed by atoms with Crippen LogP contribution in [0.25, 0.3) is 0 Å². The van der Waals surface area contributed by atoms with Gasteiger partial charge in [-0.1, -0.05) is 18.2 Å². The van der Waals surface area contributed by atoms with Crippen molar-refractivity contribution < 1.29 is 36.2 Å². The third-order valence-corrected chi connectivity index (χ3v) is 5.73. The van der Waals surface area contributed by atoms with E-state index in [9.17, 15) is 31.5 Å². The van der Waals surface area contributed by atoms with E-state index < -0.39 is 39.6 Å². The number of aliphatic hydroxyl groups excluding tert-OH is 1. The third kappa shape index (κ3) is 3.83. The zero-order valence-electron chi connectivity index (χ0n) is 13.4. The van der Waals surface area contributed by atoms with Crippen molar-refractivity contribution in [2.75, 3.05) is 4.90 Å². The molecular formula is C16H13F3N2O5S. The lowest BCUT2D eigenvalue weighted by Gasteiger charge is -2.22. The maximum Gasteiger partial charge on any atom is 0.573 e. The Labute approximate surface area is 151 Å². The first kappa shape index (κ1) is 19.0. The summed E-state index contributed by atoms with van der Waals surface area (Å²) in [4.78, 5) is 12.8. The van der Waals surface area contributed by atoms with E-state index in [0.29, 0.717) is 0 Å². The molecule has 3 rings (SSSR count). The highest BCUT2D eigenvalue weighted by atomic mass is 32.2. The molecule has 1 aliphatic rings. The number of amides is 2. The molecule has 0 unspecified atom stereocenters. The molecule has 7 nitrogen and oxygen atoms in total. The maximum absolute atomic E-state index is 12.6. The molecule has 0 aromatic heterocycles. The van der Waals surface area contributed by atoms with E-state index in [0.717, 1.165) is 29.2 Å². The van der Waals surface area contributed by atoms with Gasteiger partial charge in [-0.2, -0.15) is 0 Å². The quantitative estimate of drug-likeness (QED) is 0.818. The molecule has 2 atom stereocenters. The van der Waals surface area contributed by atoms with Crippen LogP contribution in [0, 0.1) is 0 Å². The largest absolute Gasteiger partial charge is 0.573 e. The number of carbonyl (C=O) groups is 1. The number of ether oxygens (including phenoxy) is 1. The average molecular weight is 402 g/mol. The van der Waals surface area contributed by atoms with Crippen LogP contribution in [0.2, 0.25) is 0 Å². The number of rotatable bonds is 4. The van der Waals surface area contributed by atoms with Crippen LogP contribution in [0.15, 0.2) is 59.5 Å². The van der Waals surface area contributed by atoms with Crippen LogP contribution in [-0.2, 0) is 9.84 Å². The van der Waals surface area contributed by atoms with Crippen molar-refractivity contribution in [2.45, 2.75) is 22.9 Å². The van der Waals surface area contributed by atoms with Crippen molar-refractivity contribution in [1.82, 2.24) is 5.32 Å². The van der Waals surface area contributed by atoms with Gasteiger partial charge in [0.2, 0.25) is 9.84 Å². The zero-order chi connectivity index (χ0) is 19.8. The van der Waals surface area contributed by atoms with Crippen LogP contribution in [0.3, 0.4) is 0 Å². The maximum atomic E-state index is 12.6. The fraction of sp³-hybridized carbons (Fsp3) is 0.188. The second-order valence-corrected chi connectivity index (χ2v) is 7.62. The second-order valence-electron chi connectivity index (χ2n) is 5.55. The van der Waals surface area contributed by atoms with Crippen molar-refractivity contribution >= 4 is 21.6 Å². The molecule has 0 spiro atoms. The number of nitrogens with zero attached hydrogens (tertiary/aromatic N) is 1. The molecule has 0 bridgehead atoms. The summed E-state index contributed by atoms with van der Waals surface area (Å²) in [6.07, 6.45) is -6.65. The Hall–Kier alpha value is -2.79. The van der Waals surface area contributed by atoms with Crippen LogP contribution in [0.4, 0.5) is 23.7 Å². The number of sulfone groups is 1. The highest BCUT2D eigenvalue weighted by Crippen LogP contribution is 2.30. The predicted molar refractivity (Wildman–Crippen MR) is 87.6 cm³/mol. The van der Waals surface area contributed by atoms with Gasteiger partial charge in [0.05, 0.1) is 4.90 Å². The van der Waals surface area contributed by atoms with Gasteiger partial charge in [-0.3, -0.25) is 4.90 Å². The number of hydrogen-bond donors (Lipinski definition) is 2. The van der Waals surface area contributed by atoms with E-state index >= 15 is 0 Å². The Morgan fingerprint density at radius 2 is 1.63 bits per heavy atom. The lowest BCUT2D eigenvalue weighted by atomic mass is 10.3. The molecule has 2 aromatic carbocycles. The normalized spacial score (nSPS) is 20.4. The van der Waals surface area contributed by atoms with E-state index in [1.165, 1.54) is 24.3 Å². The van der Waals surface area contributed by atoms with Gasteiger partial charge in [0.15, 0.2) is 11.6 Å². The van der Waals surface area contributed by atoms with Gasteiger partial charge in [0.1, 0.15) is 5.75 Å². The number of anilines is 1. The molecule has 0 aliphatic carbocycles. The molecule has 1 fully saturated rings.